The average Bonchev–Trinajstić information content (AvgIpc) is 3.11. The van der Waals surface area contributed by atoms with Crippen LogP contribution in [0.2, 0.25) is 0 Å². The Labute approximate surface area is 123 Å². The molecule has 0 aliphatic carbocycles. The highest BCUT2D eigenvalue weighted by Crippen LogP contribution is 2.38. The minimum atomic E-state index is -4.60. The summed E-state index contributed by atoms with van der Waals surface area (Å²) in [5.41, 5.74) is -2.60. The Hall–Kier alpha value is -1.87. The van der Waals surface area contributed by atoms with Gasteiger partial charge in [0.1, 0.15) is 0 Å². The van der Waals surface area contributed by atoms with Crippen LogP contribution in [0.25, 0.3) is 11.6 Å². The van der Waals surface area contributed by atoms with Gasteiger partial charge in [-0.05, 0) is 25.0 Å². The van der Waals surface area contributed by atoms with E-state index in [-0.39, 0.29) is 32.5 Å². The number of nitrogens with zero attached hydrogens (tertiary/aromatic N) is 3. The van der Waals surface area contributed by atoms with Crippen molar-refractivity contribution < 1.29 is 27.2 Å². The minimum Gasteiger partial charge on any atom is -0.461 e. The third kappa shape index (κ3) is 2.86. The molecule has 0 aromatic carbocycles. The molecule has 6 nitrogen and oxygen atoms in total. The zero-order chi connectivity index (χ0) is 15.8. The van der Waals surface area contributed by atoms with E-state index < -0.39 is 11.8 Å². The van der Waals surface area contributed by atoms with E-state index in [0.29, 0.717) is 17.5 Å². The third-order valence-corrected chi connectivity index (χ3v) is 3.78. The highest BCUT2D eigenvalue weighted by molar-refractivity contribution is 5.44. The summed E-state index contributed by atoms with van der Waals surface area (Å²) in [7, 11) is 0. The van der Waals surface area contributed by atoms with E-state index in [1.165, 1.54) is 6.26 Å². The molecule has 0 bridgehead atoms. The number of aliphatic hydroxyl groups is 1. The van der Waals surface area contributed by atoms with Gasteiger partial charge in [-0.15, -0.1) is 0 Å². The van der Waals surface area contributed by atoms with Crippen molar-refractivity contribution in [3.63, 3.8) is 0 Å². The maximum atomic E-state index is 12.7. The summed E-state index contributed by atoms with van der Waals surface area (Å²) in [6.45, 7) is 0.449. The number of aromatic nitrogens is 2. The molecule has 0 radical (unpaired) electrons. The van der Waals surface area contributed by atoms with Crippen molar-refractivity contribution in [3.8, 4) is 11.6 Å². The van der Waals surface area contributed by atoms with Gasteiger partial charge in [0.2, 0.25) is 11.7 Å². The molecule has 0 atom stereocenters. The number of alkyl halides is 3. The Kier molecular flexibility index (Phi) is 3.69. The number of furan rings is 1. The van der Waals surface area contributed by atoms with E-state index in [4.69, 9.17) is 8.94 Å². The van der Waals surface area contributed by atoms with Gasteiger partial charge in [0.15, 0.2) is 11.4 Å². The normalized spacial score (nSPS) is 19.5. The molecule has 3 heterocycles. The smallest absolute Gasteiger partial charge is 0.417 e. The van der Waals surface area contributed by atoms with Gasteiger partial charge in [-0.1, -0.05) is 5.16 Å². The predicted octanol–water partition coefficient (Wildman–Crippen LogP) is 2.22. The first-order chi connectivity index (χ1) is 10.4. The van der Waals surface area contributed by atoms with E-state index in [1.54, 1.807) is 17.0 Å². The summed E-state index contributed by atoms with van der Waals surface area (Å²) in [6, 6.07) is 3.37. The average molecular weight is 317 g/mol. The van der Waals surface area contributed by atoms with Crippen LogP contribution in [0.3, 0.4) is 0 Å². The third-order valence-electron chi connectivity index (χ3n) is 3.78. The molecule has 0 spiro atoms. The molecule has 2 aromatic rings. The van der Waals surface area contributed by atoms with Gasteiger partial charge in [0.05, 0.1) is 12.8 Å². The van der Waals surface area contributed by atoms with E-state index in [2.05, 4.69) is 10.1 Å². The summed E-state index contributed by atoms with van der Waals surface area (Å²) in [6.07, 6.45) is -3.85. The Morgan fingerprint density at radius 1 is 1.32 bits per heavy atom. The van der Waals surface area contributed by atoms with Crippen molar-refractivity contribution in [2.45, 2.75) is 31.2 Å². The Bertz CT molecular complexity index is 616. The molecule has 0 unspecified atom stereocenters. The van der Waals surface area contributed by atoms with E-state index in [9.17, 15) is 18.3 Å². The predicted molar refractivity (Wildman–Crippen MR) is 67.5 cm³/mol. The summed E-state index contributed by atoms with van der Waals surface area (Å²) < 4.78 is 48.4. The quantitative estimate of drug-likeness (QED) is 0.935. The molecule has 1 fully saturated rings. The molecule has 1 saturated heterocycles. The standard InChI is InChI=1S/C13H14F3N3O3/c14-13(15,16)12(20)3-5-19(6-4-12)8-10-17-11(18-22-10)9-2-1-7-21-9/h1-2,7,20H,3-6,8H2. The molecule has 9 heteroatoms. The van der Waals surface area contributed by atoms with Crippen molar-refractivity contribution >= 4 is 0 Å². The SMILES string of the molecule is OC1(C(F)(F)F)CCN(Cc2nc(-c3ccco3)no2)CC1. The van der Waals surface area contributed by atoms with E-state index in [1.807, 2.05) is 0 Å². The minimum absolute atomic E-state index is 0.106. The first-order valence-corrected chi connectivity index (χ1v) is 6.75. The lowest BCUT2D eigenvalue weighted by Gasteiger charge is -2.38. The molecule has 2 aromatic heterocycles. The number of piperidine rings is 1. The largest absolute Gasteiger partial charge is 0.461 e. The van der Waals surface area contributed by atoms with Gasteiger partial charge in [-0.3, -0.25) is 4.90 Å². The number of hydrogen-bond acceptors (Lipinski definition) is 6. The van der Waals surface area contributed by atoms with Crippen molar-refractivity contribution in [2.24, 2.45) is 0 Å². The molecule has 0 saturated carbocycles. The molecular formula is C13H14F3N3O3. The van der Waals surface area contributed by atoms with Gasteiger partial charge in [-0.25, -0.2) is 0 Å². The molecule has 1 aliphatic heterocycles. The van der Waals surface area contributed by atoms with Crippen LogP contribution in [0.5, 0.6) is 0 Å². The van der Waals surface area contributed by atoms with Crippen LogP contribution < -0.4 is 0 Å². The molecule has 0 amide bonds. The monoisotopic (exact) mass is 317 g/mol. The van der Waals surface area contributed by atoms with Crippen LogP contribution in [0.1, 0.15) is 18.7 Å². The Balaban J connectivity index is 1.60. The second kappa shape index (κ2) is 5.40. The molecule has 22 heavy (non-hydrogen) atoms. The highest BCUT2D eigenvalue weighted by Gasteiger charge is 2.54. The van der Waals surface area contributed by atoms with Gasteiger partial charge in [-0.2, -0.15) is 18.2 Å². The van der Waals surface area contributed by atoms with E-state index >= 15 is 0 Å². The van der Waals surface area contributed by atoms with Crippen LogP contribution in [-0.4, -0.2) is 45.0 Å². The van der Waals surface area contributed by atoms with Crippen molar-refractivity contribution in [2.75, 3.05) is 13.1 Å². The first kappa shape index (κ1) is 15.0. The maximum absolute atomic E-state index is 12.7. The summed E-state index contributed by atoms with van der Waals surface area (Å²) in [5, 5.41) is 13.4. The Morgan fingerprint density at radius 2 is 2.05 bits per heavy atom. The fourth-order valence-corrected chi connectivity index (χ4v) is 2.38. The zero-order valence-electron chi connectivity index (χ0n) is 11.5. The lowest BCUT2D eigenvalue weighted by atomic mass is 9.91. The van der Waals surface area contributed by atoms with Crippen LogP contribution in [0, 0.1) is 0 Å². The van der Waals surface area contributed by atoms with Gasteiger partial charge in [0.25, 0.3) is 0 Å². The van der Waals surface area contributed by atoms with Crippen molar-refractivity contribution in [3.05, 3.63) is 24.3 Å². The second-order valence-electron chi connectivity index (χ2n) is 5.29. The Morgan fingerprint density at radius 3 is 2.64 bits per heavy atom. The maximum Gasteiger partial charge on any atom is 0.417 e. The van der Waals surface area contributed by atoms with Crippen molar-refractivity contribution in [1.82, 2.24) is 15.0 Å². The second-order valence-corrected chi connectivity index (χ2v) is 5.29. The van der Waals surface area contributed by atoms with Crippen LogP contribution in [0.15, 0.2) is 27.3 Å². The van der Waals surface area contributed by atoms with Crippen LogP contribution in [0.4, 0.5) is 13.2 Å². The van der Waals surface area contributed by atoms with Crippen LogP contribution in [-0.2, 0) is 6.54 Å². The topological polar surface area (TPSA) is 75.5 Å². The number of halogens is 3. The summed E-state index contributed by atoms with van der Waals surface area (Å²) in [5.74, 6) is 1.05. The fraction of sp³-hybridized carbons (Fsp3) is 0.538. The number of rotatable bonds is 3. The molecule has 1 N–H and O–H groups in total. The van der Waals surface area contributed by atoms with Crippen molar-refractivity contribution in [1.29, 1.82) is 0 Å². The lowest BCUT2D eigenvalue weighted by molar-refractivity contribution is -0.273. The number of hydrogen-bond donors (Lipinski definition) is 1. The summed E-state index contributed by atoms with van der Waals surface area (Å²) in [4.78, 5) is 5.87. The highest BCUT2D eigenvalue weighted by atomic mass is 19.4. The molecule has 120 valence electrons. The summed E-state index contributed by atoms with van der Waals surface area (Å²) >= 11 is 0. The van der Waals surface area contributed by atoms with E-state index in [0.717, 1.165) is 0 Å². The molecule has 1 aliphatic rings. The van der Waals surface area contributed by atoms with Gasteiger partial charge < -0.3 is 14.0 Å². The van der Waals surface area contributed by atoms with Gasteiger partial charge >= 0.3 is 6.18 Å². The van der Waals surface area contributed by atoms with Gasteiger partial charge in [0, 0.05) is 13.1 Å². The first-order valence-electron chi connectivity index (χ1n) is 6.75. The lowest BCUT2D eigenvalue weighted by Crippen LogP contribution is -2.53. The van der Waals surface area contributed by atoms with Crippen LogP contribution >= 0.6 is 0 Å². The molecular weight excluding hydrogens is 303 g/mol. The number of likely N-dealkylation sites (tertiary alicyclic amines) is 1. The zero-order valence-corrected chi connectivity index (χ0v) is 11.5. The molecule has 3 rings (SSSR count). The fourth-order valence-electron chi connectivity index (χ4n) is 2.38.